The van der Waals surface area contributed by atoms with Gasteiger partial charge < -0.3 is 56.1 Å². The van der Waals surface area contributed by atoms with Crippen molar-refractivity contribution in [3.05, 3.63) is 316 Å². The molecular weight excluding hydrogens is 1740 g/mol. The standard InChI is InChI=1S/C32H34N4O4.C22H18N4OS.C21H16ClF3N4O3.C21H23N7O2S/c1-34-15-17-36(18-16-34)21-29(38)35(2)26-12-10-25(11-13-26)33-31(22-7-5-4-6-8-22)30-27-14-9-23(32(39)40-3)19-24(27)20-28(30)37;1-23-22(27)18-7-2-3-8-21(18)28-16-10-11-17-19(25-26-20(17)14-16)12-9-15-6-4-5-13-24-15;1-26-19(30)18-11-15(8-9-27-18)32-14-5-2-12(3-6-14)28-20(31)29-13-4-7-17(22)16(10-13)21(23,24)25;1-13-5-6-15(11-19(13)31(22,29)30)24-21-23-10-9-20(25-21)27(3)16-7-8-17-14(2)28(4)26-18(17)12-16/h4-14,19,33H,15-18,20-21H2,1-3H3;2-14H,1H3,(H,23,27)(H,25,26);2-11H,1H3,(H,26,30)(H2,28,29,31);5-12H,1-4H3,(H2,22,29,30)(H,23,24,25)/b31-30-;12-9+;;. The van der Waals surface area contributed by atoms with Crippen molar-refractivity contribution in [2.45, 2.75) is 41.1 Å². The van der Waals surface area contributed by atoms with Crippen LogP contribution in [-0.4, -0.2) is 169 Å². The molecule has 9 N–H and O–H groups in total. The first-order chi connectivity index (χ1) is 62.9. The number of halogens is 4. The Morgan fingerprint density at radius 3 is 2.05 bits per heavy atom. The number of nitrogens with two attached hydrogens (primary N) is 1. The number of sulfonamides is 1. The van der Waals surface area contributed by atoms with Crippen LogP contribution in [0.5, 0.6) is 11.5 Å². The first-order valence-corrected chi connectivity index (χ1v) is 43.6. The van der Waals surface area contributed by atoms with Crippen molar-refractivity contribution in [3.63, 3.8) is 0 Å². The Morgan fingerprint density at radius 1 is 0.656 bits per heavy atom. The number of allylic oxidation sites excluding steroid dienone is 1. The van der Waals surface area contributed by atoms with Crippen molar-refractivity contribution in [3.8, 4) is 11.5 Å². The van der Waals surface area contributed by atoms with E-state index < -0.39 is 38.8 Å². The number of H-pyrrole nitrogens is 1. The van der Waals surface area contributed by atoms with Gasteiger partial charge in [-0.2, -0.15) is 28.4 Å². The van der Waals surface area contributed by atoms with E-state index in [1.807, 2.05) is 182 Å². The van der Waals surface area contributed by atoms with E-state index in [9.17, 15) is 50.4 Å². The van der Waals surface area contributed by atoms with E-state index in [1.54, 1.807) is 111 Å². The van der Waals surface area contributed by atoms with Gasteiger partial charge in [0.1, 0.15) is 23.0 Å². The third kappa shape index (κ3) is 24.1. The lowest BCUT2D eigenvalue weighted by molar-refractivity contribution is -0.137. The number of benzene rings is 9. The molecule has 1 aliphatic carbocycles. The summed E-state index contributed by atoms with van der Waals surface area (Å²) in [6.07, 6.45) is 4.30. The number of amides is 5. The number of piperazine rings is 1. The van der Waals surface area contributed by atoms with Crippen LogP contribution in [0.3, 0.4) is 0 Å². The van der Waals surface area contributed by atoms with Crippen molar-refractivity contribution in [1.29, 1.82) is 0 Å². The van der Waals surface area contributed by atoms with Crippen LogP contribution in [0.15, 0.2) is 264 Å². The van der Waals surface area contributed by atoms with Crippen LogP contribution in [-0.2, 0) is 44.0 Å². The number of alkyl halides is 3. The number of primary sulfonamides is 1. The molecule has 1 fully saturated rings. The molecule has 670 valence electrons. The van der Waals surface area contributed by atoms with Crippen molar-refractivity contribution in [2.75, 3.05) is 106 Å². The molecule has 0 unspecified atom stereocenters. The van der Waals surface area contributed by atoms with Crippen molar-refractivity contribution >= 4 is 160 Å². The SMILES string of the molecule is CNC(=O)c1cc(Oc2ccc(NC(=O)Nc3ccc(Cl)c(C(F)(F)F)c3)cc2)ccn1.CNC(=O)c1ccccc1Sc1ccc2c(/C=C/c3ccccn3)n[nH]c2c1.COC(=O)c1ccc2c(c1)CC(=O)/C2=C(\Nc1ccc(N(C)C(=O)CN2CCN(C)CC2)cc1)c1ccccc1.Cc1ccc(Nc2nccc(N(C)c3ccc4c(C)n(C)nc4c3)n2)cc1S(N)(=O)=O. The number of rotatable bonds is 22. The van der Waals surface area contributed by atoms with Gasteiger partial charge in [-0.05, 0) is 219 Å². The van der Waals surface area contributed by atoms with Gasteiger partial charge >= 0.3 is 18.2 Å². The summed E-state index contributed by atoms with van der Waals surface area (Å²) in [6.45, 7) is 7.84. The first kappa shape index (κ1) is 93.7. The molecule has 35 heteroatoms. The van der Waals surface area contributed by atoms with Crippen LogP contribution in [0.25, 0.3) is 45.2 Å². The monoisotopic (exact) mass is 1830 g/mol. The lowest BCUT2D eigenvalue weighted by Gasteiger charge is -2.32. The van der Waals surface area contributed by atoms with Gasteiger partial charge in [-0.15, -0.1) is 0 Å². The van der Waals surface area contributed by atoms with Crippen molar-refractivity contribution in [2.24, 2.45) is 12.2 Å². The molecular formula is C96H91ClF3N19O10S2. The molecule has 0 radical (unpaired) electrons. The van der Waals surface area contributed by atoms with E-state index in [1.165, 1.54) is 38.6 Å². The van der Waals surface area contributed by atoms with Crippen molar-refractivity contribution < 1.29 is 59.8 Å². The second-order valence-electron chi connectivity index (χ2n) is 30.1. The zero-order valence-corrected chi connectivity index (χ0v) is 74.9. The number of anilines is 8. The maximum atomic E-state index is 13.3. The van der Waals surface area contributed by atoms with Gasteiger partial charge in [0.25, 0.3) is 11.8 Å². The van der Waals surface area contributed by atoms with Gasteiger partial charge in [-0.1, -0.05) is 84.0 Å². The fraction of sp³-hybridized carbons (Fsp3) is 0.167. The maximum Gasteiger partial charge on any atom is 0.417 e. The number of aromatic nitrogens is 8. The highest BCUT2D eigenvalue weighted by Crippen LogP contribution is 2.40. The number of aryl methyl sites for hydroxylation is 3. The van der Waals surface area contributed by atoms with Crippen LogP contribution in [0.4, 0.5) is 63.9 Å². The number of hydrogen-bond donors (Lipinski definition) is 8. The second-order valence-corrected chi connectivity index (χ2v) is 33.1. The molecule has 5 aromatic heterocycles. The van der Waals surface area contributed by atoms with Crippen molar-refractivity contribution in [1.82, 2.24) is 60.3 Å². The zero-order chi connectivity index (χ0) is 93.2. The van der Waals surface area contributed by atoms with E-state index in [2.05, 4.69) is 84.0 Å². The van der Waals surface area contributed by atoms with E-state index >= 15 is 0 Å². The number of nitrogens with one attached hydrogen (secondary N) is 7. The Hall–Kier alpha value is -14.9. The number of ether oxygens (including phenoxy) is 2. The smallest absolute Gasteiger partial charge is 0.417 e. The van der Waals surface area contributed by atoms with Crippen LogP contribution >= 0.6 is 23.4 Å². The van der Waals surface area contributed by atoms with Gasteiger partial charge in [0.2, 0.25) is 21.9 Å². The first-order valence-electron chi connectivity index (χ1n) is 40.8. The van der Waals surface area contributed by atoms with E-state index in [4.69, 9.17) is 26.2 Å². The van der Waals surface area contributed by atoms with Crippen LogP contribution in [0.1, 0.15) is 76.1 Å². The number of nitrogens with zero attached hydrogens (tertiary/aromatic N) is 11. The Labute approximate surface area is 762 Å². The molecule has 0 saturated carbocycles. The highest BCUT2D eigenvalue weighted by Gasteiger charge is 2.34. The molecule has 0 bridgehead atoms. The zero-order valence-electron chi connectivity index (χ0n) is 72.5. The number of aromatic amines is 1. The fourth-order valence-corrected chi connectivity index (χ4v) is 16.0. The maximum absolute atomic E-state index is 13.3. The minimum Gasteiger partial charge on any atom is -0.465 e. The fourth-order valence-electron chi connectivity index (χ4n) is 14.0. The minimum atomic E-state index is -4.64. The summed E-state index contributed by atoms with van der Waals surface area (Å²) in [6, 6.07) is 66.5. The number of esters is 1. The largest absolute Gasteiger partial charge is 0.465 e. The highest BCUT2D eigenvalue weighted by molar-refractivity contribution is 7.99. The van der Waals surface area contributed by atoms with E-state index in [0.29, 0.717) is 69.1 Å². The number of Topliss-reactive ketones (excluding diaryl/α,β-unsaturated/α-hetero) is 1. The predicted molar refractivity (Wildman–Crippen MR) is 505 cm³/mol. The molecule has 2 aliphatic rings. The third-order valence-corrected chi connectivity index (χ3v) is 23.6. The number of likely N-dealkylation sites (N-methyl/N-ethyl adjacent to an activating group) is 2. The van der Waals surface area contributed by atoms with E-state index in [-0.39, 0.29) is 46.2 Å². The Morgan fingerprint density at radius 2 is 1.34 bits per heavy atom. The average molecular weight is 1830 g/mol. The topological polar surface area (TPSA) is 364 Å². The van der Waals surface area contributed by atoms with Gasteiger partial charge in [0.05, 0.1) is 68.4 Å². The summed E-state index contributed by atoms with van der Waals surface area (Å²) < 4.78 is 74.7. The Bertz CT molecular complexity index is 6740. The third-order valence-electron chi connectivity index (χ3n) is 21.1. The van der Waals surface area contributed by atoms with Gasteiger partial charge in [-0.3, -0.25) is 43.8 Å². The Kier molecular flexibility index (Phi) is 30.3. The number of carbonyl (C=O) groups excluding carboxylic acids is 6. The van der Waals surface area contributed by atoms with Crippen LogP contribution < -0.4 is 51.6 Å². The summed E-state index contributed by atoms with van der Waals surface area (Å²) in [5, 5.41) is 35.5. The number of carbonyl (C=O) groups is 6. The number of urea groups is 1. The molecule has 131 heavy (non-hydrogen) atoms. The molecule has 14 aromatic rings. The van der Waals surface area contributed by atoms with E-state index in [0.717, 1.165) is 121 Å². The molecule has 6 heterocycles. The van der Waals surface area contributed by atoms with Crippen LogP contribution in [0.2, 0.25) is 5.02 Å². The molecule has 29 nitrogen and oxygen atoms in total. The molecule has 1 saturated heterocycles. The number of pyridine rings is 2. The summed E-state index contributed by atoms with van der Waals surface area (Å²) in [4.78, 5) is 101. The van der Waals surface area contributed by atoms with Gasteiger partial charge in [0.15, 0.2) is 5.78 Å². The lowest BCUT2D eigenvalue weighted by Crippen LogP contribution is -2.48. The molecule has 0 spiro atoms. The quantitative estimate of drug-likeness (QED) is 0.0231. The molecule has 0 atom stereocenters. The number of fused-ring (bicyclic) bond motifs is 3. The molecule has 1 aliphatic heterocycles. The summed E-state index contributed by atoms with van der Waals surface area (Å²) in [7, 11) is 8.38. The number of methoxy groups -OCH3 is 1. The summed E-state index contributed by atoms with van der Waals surface area (Å²) in [5.74, 6) is 0.980. The summed E-state index contributed by atoms with van der Waals surface area (Å²) >= 11 is 7.12. The second kappa shape index (κ2) is 42.3. The van der Waals surface area contributed by atoms with Gasteiger partial charge in [0, 0.05) is 158 Å². The van der Waals surface area contributed by atoms with Crippen LogP contribution in [0, 0.1) is 13.8 Å². The minimum absolute atomic E-state index is 0.0192. The molecule has 9 aromatic carbocycles. The molecule has 16 rings (SSSR count). The predicted octanol–water partition coefficient (Wildman–Crippen LogP) is 17.1. The van der Waals surface area contributed by atoms with Gasteiger partial charge in [-0.25, -0.2) is 28.1 Å². The number of hydrogen-bond acceptors (Lipinski definition) is 22. The molecule has 5 amide bonds. The highest BCUT2D eigenvalue weighted by atomic mass is 35.5. The Balaban J connectivity index is 0.000000150. The normalized spacial score (nSPS) is 12.9. The lowest BCUT2D eigenvalue weighted by atomic mass is 9.99. The average Bonchev–Trinajstić information content (AvgIpc) is 1.62. The number of ketones is 1. The summed E-state index contributed by atoms with van der Waals surface area (Å²) in [5.41, 5.74) is 12.6.